The minimum Gasteiger partial charge on any atom is -0.446 e. The van der Waals surface area contributed by atoms with E-state index < -0.39 is 30.1 Å². The van der Waals surface area contributed by atoms with Gasteiger partial charge in [-0.15, -0.1) is 0 Å². The highest BCUT2D eigenvalue weighted by Gasteiger charge is 2.44. The maximum absolute atomic E-state index is 12.7. The van der Waals surface area contributed by atoms with Crippen molar-refractivity contribution in [2.24, 2.45) is 5.73 Å². The molecule has 0 aromatic carbocycles. The van der Waals surface area contributed by atoms with Crippen LogP contribution in [0.25, 0.3) is 0 Å². The number of nitrogens with one attached hydrogen (secondary N) is 1. The Hall–Kier alpha value is -2.03. The molecule has 2 unspecified atom stereocenters. The molecule has 0 saturated carbocycles. The van der Waals surface area contributed by atoms with Crippen molar-refractivity contribution in [3.8, 4) is 0 Å². The van der Waals surface area contributed by atoms with Crippen LogP contribution in [0.3, 0.4) is 0 Å². The number of hydrogen-bond acceptors (Lipinski definition) is 4. The fourth-order valence-corrected chi connectivity index (χ4v) is 2.53. The van der Waals surface area contributed by atoms with Crippen LogP contribution in [-0.4, -0.2) is 48.6 Å². The van der Waals surface area contributed by atoms with Crippen LogP contribution in [0.1, 0.15) is 34.0 Å². The molecule has 1 aliphatic heterocycles. The molecule has 122 valence electrons. The van der Waals surface area contributed by atoms with E-state index in [4.69, 9.17) is 10.2 Å². The van der Waals surface area contributed by atoms with Gasteiger partial charge in [-0.1, -0.05) is 0 Å². The van der Waals surface area contributed by atoms with Gasteiger partial charge in [-0.05, 0) is 32.0 Å². The second-order valence-electron chi connectivity index (χ2n) is 5.27. The molecule has 0 aliphatic carbocycles. The Labute approximate surface area is 124 Å². The molecule has 0 radical (unpaired) electrons. The van der Waals surface area contributed by atoms with E-state index in [1.165, 1.54) is 24.1 Å². The highest BCUT2D eigenvalue weighted by atomic mass is 19.4. The number of likely N-dealkylation sites (N-methyl/N-ethyl adjacent to an activating group) is 1. The van der Waals surface area contributed by atoms with E-state index in [-0.39, 0.29) is 30.9 Å². The van der Waals surface area contributed by atoms with E-state index in [1.807, 2.05) is 0 Å². The largest absolute Gasteiger partial charge is 0.446 e. The Morgan fingerprint density at radius 3 is 2.45 bits per heavy atom. The van der Waals surface area contributed by atoms with Crippen LogP contribution in [0.5, 0.6) is 0 Å². The number of likely N-dealkylation sites (tertiary alicyclic amines) is 1. The van der Waals surface area contributed by atoms with Crippen LogP contribution >= 0.6 is 0 Å². The van der Waals surface area contributed by atoms with Crippen LogP contribution < -0.4 is 11.1 Å². The first-order valence-corrected chi connectivity index (χ1v) is 6.66. The molecule has 0 bridgehead atoms. The van der Waals surface area contributed by atoms with E-state index in [2.05, 4.69) is 5.32 Å². The number of carbonyl (C=O) groups excluding carboxylic acids is 2. The van der Waals surface area contributed by atoms with E-state index in [9.17, 15) is 22.8 Å². The van der Waals surface area contributed by atoms with Gasteiger partial charge in [0, 0.05) is 12.6 Å². The number of nitrogens with zero attached hydrogens (tertiary/aromatic N) is 1. The first-order chi connectivity index (χ1) is 10.2. The number of piperidine rings is 1. The maximum atomic E-state index is 12.7. The monoisotopic (exact) mass is 319 g/mol. The quantitative estimate of drug-likeness (QED) is 0.874. The van der Waals surface area contributed by atoms with Crippen molar-refractivity contribution in [1.29, 1.82) is 0 Å². The third-order valence-corrected chi connectivity index (χ3v) is 3.61. The van der Waals surface area contributed by atoms with Crippen LogP contribution in [-0.2, 0) is 0 Å². The van der Waals surface area contributed by atoms with Gasteiger partial charge in [0.05, 0.1) is 0 Å². The first kappa shape index (κ1) is 16.3. The van der Waals surface area contributed by atoms with Gasteiger partial charge >= 0.3 is 6.18 Å². The SMILES string of the molecule is CN1CC(NC(=O)c2ccc(C(N)=O)o2)CCC1C(F)(F)F. The summed E-state index contributed by atoms with van der Waals surface area (Å²) in [6, 6.07) is 0.647. The summed E-state index contributed by atoms with van der Waals surface area (Å²) in [7, 11) is 1.37. The molecule has 2 heterocycles. The molecule has 1 aliphatic rings. The molecular formula is C13H16F3N3O3. The standard InChI is InChI=1S/C13H16F3N3O3/c1-19-6-7(2-5-10(19)13(14,15)16)18-12(21)9-4-3-8(22-9)11(17)20/h3-4,7,10H,2,5-6H2,1H3,(H2,17,20)(H,18,21). The van der Waals surface area contributed by atoms with Gasteiger partial charge in [0.1, 0.15) is 6.04 Å². The molecular weight excluding hydrogens is 303 g/mol. The van der Waals surface area contributed by atoms with Gasteiger partial charge in [0.2, 0.25) is 0 Å². The van der Waals surface area contributed by atoms with E-state index >= 15 is 0 Å². The second-order valence-corrected chi connectivity index (χ2v) is 5.27. The van der Waals surface area contributed by atoms with Crippen molar-refractivity contribution in [3.63, 3.8) is 0 Å². The predicted octanol–water partition coefficient (Wildman–Crippen LogP) is 1.13. The molecule has 1 fully saturated rings. The van der Waals surface area contributed by atoms with Crippen molar-refractivity contribution < 1.29 is 27.2 Å². The van der Waals surface area contributed by atoms with E-state index in [0.29, 0.717) is 0 Å². The predicted molar refractivity (Wildman–Crippen MR) is 70.2 cm³/mol. The summed E-state index contributed by atoms with van der Waals surface area (Å²) in [6.45, 7) is 0.0826. The van der Waals surface area contributed by atoms with Crippen LogP contribution in [0.15, 0.2) is 16.5 Å². The highest BCUT2D eigenvalue weighted by molar-refractivity contribution is 5.95. The zero-order chi connectivity index (χ0) is 16.5. The summed E-state index contributed by atoms with van der Waals surface area (Å²) in [4.78, 5) is 24.0. The molecule has 22 heavy (non-hydrogen) atoms. The number of alkyl halides is 3. The number of rotatable bonds is 3. The first-order valence-electron chi connectivity index (χ1n) is 6.66. The molecule has 2 atom stereocenters. The number of hydrogen-bond donors (Lipinski definition) is 2. The summed E-state index contributed by atoms with van der Waals surface area (Å²) in [5, 5.41) is 2.60. The van der Waals surface area contributed by atoms with Gasteiger partial charge in [-0.25, -0.2) is 0 Å². The normalized spacial score (nSPS) is 23.3. The Kier molecular flexibility index (Phi) is 4.45. The molecule has 1 aromatic rings. The third kappa shape index (κ3) is 3.59. The van der Waals surface area contributed by atoms with Gasteiger partial charge in [0.25, 0.3) is 11.8 Å². The van der Waals surface area contributed by atoms with E-state index in [1.54, 1.807) is 0 Å². The average Bonchev–Trinajstić information content (AvgIpc) is 2.86. The van der Waals surface area contributed by atoms with E-state index in [0.717, 1.165) is 0 Å². The molecule has 1 aromatic heterocycles. The topological polar surface area (TPSA) is 88.6 Å². The van der Waals surface area contributed by atoms with Crippen LogP contribution in [0, 0.1) is 0 Å². The third-order valence-electron chi connectivity index (χ3n) is 3.61. The lowest BCUT2D eigenvalue weighted by atomic mass is 9.98. The molecule has 0 spiro atoms. The van der Waals surface area contributed by atoms with Gasteiger partial charge in [0.15, 0.2) is 11.5 Å². The number of furan rings is 1. The number of primary amides is 1. The minimum atomic E-state index is -4.28. The zero-order valence-electron chi connectivity index (χ0n) is 11.8. The molecule has 1 saturated heterocycles. The average molecular weight is 319 g/mol. The molecule has 2 amide bonds. The van der Waals surface area contributed by atoms with Crippen molar-refractivity contribution in [1.82, 2.24) is 10.2 Å². The highest BCUT2D eigenvalue weighted by Crippen LogP contribution is 2.30. The molecule has 6 nitrogen and oxygen atoms in total. The second kappa shape index (κ2) is 5.99. The zero-order valence-corrected chi connectivity index (χ0v) is 11.8. The Morgan fingerprint density at radius 1 is 1.32 bits per heavy atom. The van der Waals surface area contributed by atoms with Crippen LogP contribution in [0.2, 0.25) is 0 Å². The maximum Gasteiger partial charge on any atom is 0.404 e. The van der Waals surface area contributed by atoms with Crippen molar-refractivity contribution in [2.45, 2.75) is 31.1 Å². The smallest absolute Gasteiger partial charge is 0.404 e. The number of carbonyl (C=O) groups is 2. The molecule has 2 rings (SSSR count). The fraction of sp³-hybridized carbons (Fsp3) is 0.538. The van der Waals surface area contributed by atoms with Crippen molar-refractivity contribution in [3.05, 3.63) is 23.7 Å². The lowest BCUT2D eigenvalue weighted by Gasteiger charge is -2.38. The minimum absolute atomic E-state index is 0.0826. The summed E-state index contributed by atoms with van der Waals surface area (Å²) >= 11 is 0. The summed E-state index contributed by atoms with van der Waals surface area (Å²) in [5.74, 6) is -1.64. The molecule has 9 heteroatoms. The molecule has 3 N–H and O–H groups in total. The van der Waals surface area contributed by atoms with Crippen molar-refractivity contribution >= 4 is 11.8 Å². The Morgan fingerprint density at radius 2 is 1.95 bits per heavy atom. The van der Waals surface area contributed by atoms with Gasteiger partial charge in [-0.3, -0.25) is 14.5 Å². The Balaban J connectivity index is 1.94. The fourth-order valence-electron chi connectivity index (χ4n) is 2.53. The summed E-state index contributed by atoms with van der Waals surface area (Å²) < 4.78 is 43.2. The number of nitrogens with two attached hydrogens (primary N) is 1. The number of halogens is 3. The Bertz CT molecular complexity index is 570. The summed E-state index contributed by atoms with van der Waals surface area (Å²) in [5.41, 5.74) is 5.01. The van der Waals surface area contributed by atoms with Gasteiger partial charge in [-0.2, -0.15) is 13.2 Å². The lowest BCUT2D eigenvalue weighted by molar-refractivity contribution is -0.188. The van der Waals surface area contributed by atoms with Gasteiger partial charge < -0.3 is 15.5 Å². The van der Waals surface area contributed by atoms with Crippen LogP contribution in [0.4, 0.5) is 13.2 Å². The number of amides is 2. The summed E-state index contributed by atoms with van der Waals surface area (Å²) in [6.07, 6.45) is -4.15. The lowest BCUT2D eigenvalue weighted by Crippen LogP contribution is -2.54. The van der Waals surface area contributed by atoms with Crippen molar-refractivity contribution in [2.75, 3.05) is 13.6 Å².